The van der Waals surface area contributed by atoms with Crippen LogP contribution in [0.25, 0.3) is 0 Å². The fourth-order valence-corrected chi connectivity index (χ4v) is 1.28. The van der Waals surface area contributed by atoms with Crippen LogP contribution in [-0.2, 0) is 6.42 Å². The lowest BCUT2D eigenvalue weighted by molar-refractivity contribution is 0.324. The van der Waals surface area contributed by atoms with Crippen LogP contribution in [0.4, 0.5) is 8.78 Å². The first-order valence-corrected chi connectivity index (χ1v) is 4.66. The molecule has 4 heteroatoms. The smallest absolute Gasteiger partial charge is 0.130 e. The highest BCUT2D eigenvalue weighted by Gasteiger charge is 2.20. The van der Waals surface area contributed by atoms with Crippen LogP contribution in [0.1, 0.15) is 12.5 Å². The lowest BCUT2D eigenvalue weighted by Gasteiger charge is -2.20. The molecular weight excluding hydrogens is 200 g/mol. The summed E-state index contributed by atoms with van der Waals surface area (Å²) < 4.78 is 30.8. The molecule has 2 nitrogen and oxygen atoms in total. The highest BCUT2D eigenvalue weighted by molar-refractivity contribution is 5.29. The normalized spacial score (nSPS) is 14.7. The number of hydrogen-bond donors (Lipinski definition) is 1. The van der Waals surface area contributed by atoms with Crippen LogP contribution in [0.5, 0.6) is 5.75 Å². The van der Waals surface area contributed by atoms with Gasteiger partial charge in [-0.15, -0.1) is 0 Å². The average molecular weight is 215 g/mol. The summed E-state index contributed by atoms with van der Waals surface area (Å²) in [5.41, 5.74) is 5.00. The number of methoxy groups -OCH3 is 1. The molecule has 15 heavy (non-hydrogen) atoms. The van der Waals surface area contributed by atoms with E-state index in [4.69, 9.17) is 10.5 Å². The van der Waals surface area contributed by atoms with Crippen LogP contribution in [0.15, 0.2) is 18.2 Å². The topological polar surface area (TPSA) is 35.2 Å². The van der Waals surface area contributed by atoms with Gasteiger partial charge in [0.25, 0.3) is 0 Å². The first-order chi connectivity index (χ1) is 6.98. The van der Waals surface area contributed by atoms with E-state index in [9.17, 15) is 8.78 Å². The van der Waals surface area contributed by atoms with Gasteiger partial charge in [0.2, 0.25) is 0 Å². The number of halogens is 2. The molecule has 0 radical (unpaired) electrons. The minimum Gasteiger partial charge on any atom is -0.497 e. The van der Waals surface area contributed by atoms with Gasteiger partial charge in [0.15, 0.2) is 0 Å². The molecule has 0 heterocycles. The highest BCUT2D eigenvalue weighted by atomic mass is 19.1. The molecule has 1 unspecified atom stereocenters. The van der Waals surface area contributed by atoms with Crippen LogP contribution in [0, 0.1) is 5.82 Å². The quantitative estimate of drug-likeness (QED) is 0.834. The van der Waals surface area contributed by atoms with Gasteiger partial charge in [0, 0.05) is 11.6 Å². The van der Waals surface area contributed by atoms with Crippen molar-refractivity contribution < 1.29 is 13.5 Å². The summed E-state index contributed by atoms with van der Waals surface area (Å²) in [6, 6.07) is 4.46. The predicted octanol–water partition coefficient (Wildman–Crippen LogP) is 2.06. The molecule has 1 aromatic rings. The summed E-state index contributed by atoms with van der Waals surface area (Å²) in [6.07, 6.45) is 0.166. The molecule has 0 amide bonds. The molecule has 0 fully saturated rings. The zero-order valence-electron chi connectivity index (χ0n) is 8.89. The van der Waals surface area contributed by atoms with Gasteiger partial charge in [-0.05, 0) is 25.0 Å². The van der Waals surface area contributed by atoms with E-state index in [0.29, 0.717) is 11.3 Å². The summed E-state index contributed by atoms with van der Waals surface area (Å²) in [7, 11) is 1.46. The summed E-state index contributed by atoms with van der Waals surface area (Å²) >= 11 is 0. The monoisotopic (exact) mass is 215 g/mol. The maximum Gasteiger partial charge on any atom is 0.130 e. The van der Waals surface area contributed by atoms with Crippen molar-refractivity contribution >= 4 is 0 Å². The summed E-state index contributed by atoms with van der Waals surface area (Å²) in [5.74, 6) is 0.0229. The van der Waals surface area contributed by atoms with E-state index in [-0.39, 0.29) is 6.42 Å². The molecule has 0 aliphatic rings. The van der Waals surface area contributed by atoms with Crippen LogP contribution in [-0.4, -0.2) is 19.3 Å². The first kappa shape index (κ1) is 11.9. The SMILES string of the molecule is COc1ccc(CC(C)(N)CF)c(F)c1. The molecule has 2 N–H and O–H groups in total. The van der Waals surface area contributed by atoms with Crippen molar-refractivity contribution in [2.24, 2.45) is 5.73 Å². The van der Waals surface area contributed by atoms with Gasteiger partial charge in [-0.2, -0.15) is 0 Å². The maximum absolute atomic E-state index is 13.4. The van der Waals surface area contributed by atoms with Gasteiger partial charge in [-0.3, -0.25) is 0 Å². The predicted molar refractivity (Wildman–Crippen MR) is 55.2 cm³/mol. The van der Waals surface area contributed by atoms with E-state index in [0.717, 1.165) is 0 Å². The van der Waals surface area contributed by atoms with E-state index in [2.05, 4.69) is 0 Å². The second-order valence-electron chi connectivity index (χ2n) is 3.92. The number of hydrogen-bond acceptors (Lipinski definition) is 2. The van der Waals surface area contributed by atoms with Crippen molar-refractivity contribution in [3.63, 3.8) is 0 Å². The van der Waals surface area contributed by atoms with Crippen molar-refractivity contribution in [3.8, 4) is 5.75 Å². The third-order valence-corrected chi connectivity index (χ3v) is 2.16. The molecule has 84 valence electrons. The Hall–Kier alpha value is -1.16. The Labute approximate surface area is 88.0 Å². The Bertz CT molecular complexity index is 339. The third-order valence-electron chi connectivity index (χ3n) is 2.16. The van der Waals surface area contributed by atoms with Gasteiger partial charge in [0.1, 0.15) is 18.2 Å². The molecule has 0 saturated heterocycles. The Morgan fingerprint density at radius 2 is 2.13 bits per heavy atom. The number of benzene rings is 1. The fraction of sp³-hybridized carbons (Fsp3) is 0.455. The fourth-order valence-electron chi connectivity index (χ4n) is 1.28. The number of alkyl halides is 1. The van der Waals surface area contributed by atoms with Crippen molar-refractivity contribution in [3.05, 3.63) is 29.6 Å². The number of ether oxygens (including phenoxy) is 1. The standard InChI is InChI=1S/C11H15F2NO/c1-11(14,7-12)6-8-3-4-9(15-2)5-10(8)13/h3-5H,6-7,14H2,1-2H3. The Balaban J connectivity index is 2.87. The van der Waals surface area contributed by atoms with E-state index >= 15 is 0 Å². The number of rotatable bonds is 4. The molecule has 0 spiro atoms. The lowest BCUT2D eigenvalue weighted by Crippen LogP contribution is -2.41. The summed E-state index contributed by atoms with van der Waals surface area (Å²) in [5, 5.41) is 0. The van der Waals surface area contributed by atoms with Crippen LogP contribution >= 0.6 is 0 Å². The van der Waals surface area contributed by atoms with Crippen LogP contribution in [0.3, 0.4) is 0 Å². The minimum atomic E-state index is -1.02. The minimum absolute atomic E-state index is 0.166. The third kappa shape index (κ3) is 3.16. The van der Waals surface area contributed by atoms with Crippen molar-refractivity contribution in [2.45, 2.75) is 18.9 Å². The largest absolute Gasteiger partial charge is 0.497 e. The zero-order chi connectivity index (χ0) is 11.5. The Morgan fingerprint density at radius 3 is 2.60 bits per heavy atom. The summed E-state index contributed by atoms with van der Waals surface area (Å²) in [4.78, 5) is 0. The lowest BCUT2D eigenvalue weighted by atomic mass is 9.95. The van der Waals surface area contributed by atoms with Crippen molar-refractivity contribution in [1.29, 1.82) is 0 Å². The maximum atomic E-state index is 13.4. The Morgan fingerprint density at radius 1 is 1.47 bits per heavy atom. The second-order valence-corrected chi connectivity index (χ2v) is 3.92. The average Bonchev–Trinajstić information content (AvgIpc) is 2.21. The van der Waals surface area contributed by atoms with Crippen LogP contribution in [0.2, 0.25) is 0 Å². The summed E-state index contributed by atoms with van der Waals surface area (Å²) in [6.45, 7) is 0.870. The molecule has 1 atom stereocenters. The van der Waals surface area contributed by atoms with E-state index in [1.165, 1.54) is 13.2 Å². The second kappa shape index (κ2) is 4.57. The molecule has 0 bridgehead atoms. The molecule has 1 rings (SSSR count). The number of nitrogens with two attached hydrogens (primary N) is 1. The molecule has 0 aliphatic carbocycles. The molecule has 1 aromatic carbocycles. The van der Waals surface area contributed by atoms with Gasteiger partial charge in [-0.1, -0.05) is 6.07 Å². The molecular formula is C11H15F2NO. The first-order valence-electron chi connectivity index (χ1n) is 4.66. The van der Waals surface area contributed by atoms with Crippen molar-refractivity contribution in [2.75, 3.05) is 13.8 Å². The van der Waals surface area contributed by atoms with Gasteiger partial charge >= 0.3 is 0 Å². The zero-order valence-corrected chi connectivity index (χ0v) is 8.89. The van der Waals surface area contributed by atoms with Gasteiger partial charge in [-0.25, -0.2) is 8.78 Å². The van der Waals surface area contributed by atoms with Gasteiger partial charge < -0.3 is 10.5 Å². The van der Waals surface area contributed by atoms with E-state index in [1.54, 1.807) is 19.1 Å². The molecule has 0 aromatic heterocycles. The molecule has 0 saturated carbocycles. The highest BCUT2D eigenvalue weighted by Crippen LogP contribution is 2.19. The van der Waals surface area contributed by atoms with Crippen molar-refractivity contribution in [1.82, 2.24) is 0 Å². The van der Waals surface area contributed by atoms with E-state index in [1.807, 2.05) is 0 Å². The van der Waals surface area contributed by atoms with Gasteiger partial charge in [0.05, 0.1) is 7.11 Å². The molecule has 0 aliphatic heterocycles. The van der Waals surface area contributed by atoms with Crippen LogP contribution < -0.4 is 10.5 Å². The van der Waals surface area contributed by atoms with E-state index < -0.39 is 18.0 Å². The Kier molecular flexibility index (Phi) is 3.63.